The fourth-order valence-electron chi connectivity index (χ4n) is 1.79. The van der Waals surface area contributed by atoms with Gasteiger partial charge in [-0.05, 0) is 17.5 Å². The van der Waals surface area contributed by atoms with Gasteiger partial charge in [0.1, 0.15) is 12.0 Å². The Kier molecular flexibility index (Phi) is 4.21. The number of carbonyl (C=O) groups excluding carboxylic acids is 1. The van der Waals surface area contributed by atoms with E-state index in [1.165, 1.54) is 13.2 Å². The molecule has 1 aromatic rings. The van der Waals surface area contributed by atoms with Gasteiger partial charge in [-0.3, -0.25) is 0 Å². The molecule has 94 valence electrons. The van der Waals surface area contributed by atoms with Crippen LogP contribution >= 0.6 is 0 Å². The van der Waals surface area contributed by atoms with Crippen LogP contribution in [0.25, 0.3) is 0 Å². The van der Waals surface area contributed by atoms with Gasteiger partial charge in [0.15, 0.2) is 0 Å². The molecule has 0 aromatic heterocycles. The van der Waals surface area contributed by atoms with E-state index in [-0.39, 0.29) is 23.7 Å². The molecule has 0 radical (unpaired) electrons. The molecule has 2 nitrogen and oxygen atoms in total. The van der Waals surface area contributed by atoms with E-state index < -0.39 is 5.92 Å². The Morgan fingerprint density at radius 1 is 1.47 bits per heavy atom. The lowest BCUT2D eigenvalue weighted by Crippen LogP contribution is -2.11. The van der Waals surface area contributed by atoms with Crippen molar-refractivity contribution < 1.29 is 18.3 Å². The summed E-state index contributed by atoms with van der Waals surface area (Å²) in [6.45, 7) is 2.64. The molecule has 17 heavy (non-hydrogen) atoms. The van der Waals surface area contributed by atoms with Crippen molar-refractivity contribution in [3.63, 3.8) is 0 Å². The van der Waals surface area contributed by atoms with Gasteiger partial charge < -0.3 is 9.53 Å². The Morgan fingerprint density at radius 3 is 2.59 bits per heavy atom. The van der Waals surface area contributed by atoms with E-state index >= 15 is 0 Å². The van der Waals surface area contributed by atoms with E-state index in [1.54, 1.807) is 12.1 Å². The Bertz CT molecular complexity index is 397. The van der Waals surface area contributed by atoms with E-state index in [0.717, 1.165) is 13.2 Å². The number of alkyl halides is 2. The average Bonchev–Trinajstić information content (AvgIpc) is 2.27. The second-order valence-corrected chi connectivity index (χ2v) is 4.12. The molecule has 0 aliphatic rings. The molecule has 1 rings (SSSR count). The number of methoxy groups -OCH3 is 1. The van der Waals surface area contributed by atoms with Gasteiger partial charge in [0.2, 0.25) is 0 Å². The third-order valence-corrected chi connectivity index (χ3v) is 2.70. The number of hydrogen-bond donors (Lipinski definition) is 0. The van der Waals surface area contributed by atoms with Crippen molar-refractivity contribution in [3.05, 3.63) is 29.3 Å². The molecular weight excluding hydrogens is 226 g/mol. The maximum Gasteiger partial charge on any atom is 0.274 e. The van der Waals surface area contributed by atoms with Crippen molar-refractivity contribution in [2.75, 3.05) is 7.11 Å². The van der Waals surface area contributed by atoms with E-state index in [1.807, 2.05) is 6.92 Å². The highest BCUT2D eigenvalue weighted by molar-refractivity contribution is 5.54. The van der Waals surface area contributed by atoms with Gasteiger partial charge in [-0.2, -0.15) is 0 Å². The van der Waals surface area contributed by atoms with Crippen LogP contribution in [0.3, 0.4) is 0 Å². The standard InChI is InChI=1S/C13H16F2O2/c1-9(7-8-16)10-5-4-6-11(12(10)17-3)13(2,14)15/h4-6,8-9H,7H2,1-3H3. The lowest BCUT2D eigenvalue weighted by molar-refractivity contribution is -0.108. The molecule has 0 spiro atoms. The summed E-state index contributed by atoms with van der Waals surface area (Å²) < 4.78 is 31.8. The van der Waals surface area contributed by atoms with E-state index in [2.05, 4.69) is 0 Å². The highest BCUT2D eigenvalue weighted by atomic mass is 19.3. The van der Waals surface area contributed by atoms with Crippen LogP contribution in [-0.2, 0) is 10.7 Å². The van der Waals surface area contributed by atoms with Crippen molar-refractivity contribution in [2.24, 2.45) is 0 Å². The molecule has 1 unspecified atom stereocenters. The molecule has 4 heteroatoms. The minimum absolute atomic E-state index is 0.134. The lowest BCUT2D eigenvalue weighted by Gasteiger charge is -2.20. The van der Waals surface area contributed by atoms with Crippen LogP contribution in [0.1, 0.15) is 37.3 Å². The first-order chi connectivity index (χ1) is 7.91. The summed E-state index contributed by atoms with van der Waals surface area (Å²) in [5.41, 5.74) is 0.494. The monoisotopic (exact) mass is 242 g/mol. The molecule has 0 saturated carbocycles. The van der Waals surface area contributed by atoms with Crippen LogP contribution in [0.5, 0.6) is 5.75 Å². The Balaban J connectivity index is 3.28. The summed E-state index contributed by atoms with van der Waals surface area (Å²) in [6, 6.07) is 4.62. The fraction of sp³-hybridized carbons (Fsp3) is 0.462. The van der Waals surface area contributed by atoms with Crippen LogP contribution in [-0.4, -0.2) is 13.4 Å². The fourth-order valence-corrected chi connectivity index (χ4v) is 1.79. The largest absolute Gasteiger partial charge is 0.496 e. The third-order valence-electron chi connectivity index (χ3n) is 2.70. The maximum atomic E-state index is 13.4. The van der Waals surface area contributed by atoms with Gasteiger partial charge in [0.05, 0.1) is 12.7 Å². The smallest absolute Gasteiger partial charge is 0.274 e. The normalized spacial score (nSPS) is 13.2. The van der Waals surface area contributed by atoms with Crippen LogP contribution in [0.4, 0.5) is 8.78 Å². The summed E-state index contributed by atoms with van der Waals surface area (Å²) >= 11 is 0. The summed E-state index contributed by atoms with van der Waals surface area (Å²) in [5, 5.41) is 0. The number of hydrogen-bond acceptors (Lipinski definition) is 2. The van der Waals surface area contributed by atoms with Crippen LogP contribution < -0.4 is 4.74 Å². The number of benzene rings is 1. The molecule has 0 fully saturated rings. The Labute approximate surface area is 99.6 Å². The van der Waals surface area contributed by atoms with Gasteiger partial charge in [-0.1, -0.05) is 19.1 Å². The second kappa shape index (κ2) is 5.25. The number of aldehydes is 1. The quantitative estimate of drug-likeness (QED) is 0.739. The first-order valence-electron chi connectivity index (χ1n) is 5.40. The summed E-state index contributed by atoms with van der Waals surface area (Å²) in [7, 11) is 1.36. The van der Waals surface area contributed by atoms with Gasteiger partial charge >= 0.3 is 0 Å². The number of ether oxygens (including phenoxy) is 1. The van der Waals surface area contributed by atoms with Crippen LogP contribution in [0.2, 0.25) is 0 Å². The molecule has 0 amide bonds. The predicted octanol–water partition coefficient (Wildman–Crippen LogP) is 3.50. The van der Waals surface area contributed by atoms with Gasteiger partial charge in [0, 0.05) is 13.3 Å². The second-order valence-electron chi connectivity index (χ2n) is 4.12. The summed E-state index contributed by atoms with van der Waals surface area (Å²) in [6.07, 6.45) is 1.07. The predicted molar refractivity (Wildman–Crippen MR) is 61.7 cm³/mol. The maximum absolute atomic E-state index is 13.4. The molecule has 0 N–H and O–H groups in total. The van der Waals surface area contributed by atoms with Crippen LogP contribution in [0, 0.1) is 0 Å². The minimum atomic E-state index is -2.96. The zero-order valence-electron chi connectivity index (χ0n) is 10.2. The van der Waals surface area contributed by atoms with Crippen molar-refractivity contribution in [1.29, 1.82) is 0 Å². The Hall–Kier alpha value is -1.45. The molecular formula is C13H16F2O2. The number of carbonyl (C=O) groups is 1. The van der Waals surface area contributed by atoms with Crippen molar-refractivity contribution in [3.8, 4) is 5.75 Å². The summed E-state index contributed by atoms with van der Waals surface area (Å²) in [4.78, 5) is 10.5. The molecule has 0 bridgehead atoms. The van der Waals surface area contributed by atoms with E-state index in [0.29, 0.717) is 5.56 Å². The lowest BCUT2D eigenvalue weighted by atomic mass is 9.93. The van der Waals surface area contributed by atoms with Gasteiger partial charge in [-0.25, -0.2) is 8.78 Å². The topological polar surface area (TPSA) is 26.3 Å². The molecule has 1 aromatic carbocycles. The van der Waals surface area contributed by atoms with Gasteiger partial charge in [0.25, 0.3) is 5.92 Å². The Morgan fingerprint density at radius 2 is 2.12 bits per heavy atom. The molecule has 1 atom stereocenters. The van der Waals surface area contributed by atoms with Crippen LogP contribution in [0.15, 0.2) is 18.2 Å². The molecule has 0 aliphatic heterocycles. The average molecular weight is 242 g/mol. The molecule has 0 saturated heterocycles. The SMILES string of the molecule is COc1c(C(C)CC=O)cccc1C(C)(F)F. The minimum Gasteiger partial charge on any atom is -0.496 e. The van der Waals surface area contributed by atoms with Crippen molar-refractivity contribution >= 4 is 6.29 Å². The number of halogens is 2. The number of rotatable bonds is 5. The van der Waals surface area contributed by atoms with Gasteiger partial charge in [-0.15, -0.1) is 0 Å². The zero-order chi connectivity index (χ0) is 13.1. The first-order valence-corrected chi connectivity index (χ1v) is 5.40. The zero-order valence-corrected chi connectivity index (χ0v) is 10.2. The van der Waals surface area contributed by atoms with E-state index in [9.17, 15) is 13.6 Å². The summed E-state index contributed by atoms with van der Waals surface area (Å²) in [5.74, 6) is -2.92. The van der Waals surface area contributed by atoms with Crippen molar-refractivity contribution in [2.45, 2.75) is 32.1 Å². The highest BCUT2D eigenvalue weighted by Crippen LogP contribution is 2.39. The third kappa shape index (κ3) is 3.02. The van der Waals surface area contributed by atoms with Crippen molar-refractivity contribution in [1.82, 2.24) is 0 Å². The highest BCUT2D eigenvalue weighted by Gasteiger charge is 2.30. The molecule has 0 heterocycles. The van der Waals surface area contributed by atoms with E-state index in [4.69, 9.17) is 4.74 Å². The molecule has 0 aliphatic carbocycles. The first kappa shape index (κ1) is 13.6. The number of para-hydroxylation sites is 1.